The molecule has 40 heavy (non-hydrogen) atoms. The number of amides is 2. The molecule has 2 aromatic rings. The van der Waals surface area contributed by atoms with Gasteiger partial charge in [-0.05, 0) is 81.1 Å². The first kappa shape index (κ1) is 29.5. The highest BCUT2D eigenvalue weighted by Crippen LogP contribution is 2.34. The molecule has 0 saturated heterocycles. The number of nitrogens with zero attached hydrogens (tertiary/aromatic N) is 2. The lowest BCUT2D eigenvalue weighted by Gasteiger charge is -2.26. The minimum absolute atomic E-state index is 0.00475. The topological polar surface area (TPSA) is 89.5 Å². The zero-order valence-corrected chi connectivity index (χ0v) is 24.6. The van der Waals surface area contributed by atoms with E-state index < -0.39 is 0 Å². The molecule has 0 unspecified atom stereocenters. The molecule has 1 N–H and O–H groups in total. The van der Waals surface area contributed by atoms with Crippen molar-refractivity contribution < 1.29 is 23.8 Å². The van der Waals surface area contributed by atoms with Crippen LogP contribution in [-0.2, 0) is 9.59 Å². The molecular weight excluding hydrogens is 526 g/mol. The van der Waals surface area contributed by atoms with Crippen molar-refractivity contribution in [2.75, 3.05) is 25.2 Å². The zero-order valence-electron chi connectivity index (χ0n) is 23.8. The van der Waals surface area contributed by atoms with Gasteiger partial charge in [-0.15, -0.1) is 0 Å². The number of methoxy groups -OCH3 is 1. The number of amidine groups is 1. The fourth-order valence-corrected chi connectivity index (χ4v) is 5.90. The predicted molar refractivity (Wildman–Crippen MR) is 161 cm³/mol. The van der Waals surface area contributed by atoms with Crippen LogP contribution in [0.3, 0.4) is 0 Å². The summed E-state index contributed by atoms with van der Waals surface area (Å²) in [4.78, 5) is 33.3. The number of benzene rings is 2. The number of anilines is 1. The molecule has 1 atom stereocenters. The predicted octanol–water partition coefficient (Wildman–Crippen LogP) is 6.20. The molecule has 2 aromatic carbocycles. The number of aliphatic imine (C=N–C) groups is 1. The van der Waals surface area contributed by atoms with Gasteiger partial charge < -0.3 is 19.5 Å². The van der Waals surface area contributed by atoms with Gasteiger partial charge in [0.1, 0.15) is 11.4 Å². The molecule has 1 saturated carbocycles. The van der Waals surface area contributed by atoms with Crippen LogP contribution in [0.25, 0.3) is 6.08 Å². The molecule has 1 fully saturated rings. The van der Waals surface area contributed by atoms with Crippen LogP contribution in [0, 0.1) is 0 Å². The maximum Gasteiger partial charge on any atom is 0.283 e. The molecular formula is C31H39N3O5S. The number of rotatable bonds is 11. The van der Waals surface area contributed by atoms with Crippen molar-refractivity contribution in [1.82, 2.24) is 5.32 Å². The minimum Gasteiger partial charge on any atom is -0.494 e. The highest BCUT2D eigenvalue weighted by Gasteiger charge is 2.35. The number of hydrogen-bond donors (Lipinski definition) is 1. The summed E-state index contributed by atoms with van der Waals surface area (Å²) < 4.78 is 16.7. The Bertz CT molecular complexity index is 1240. The van der Waals surface area contributed by atoms with Gasteiger partial charge in [0.15, 0.2) is 16.7 Å². The Hall–Kier alpha value is -3.46. The third-order valence-corrected chi connectivity index (χ3v) is 8.21. The van der Waals surface area contributed by atoms with Crippen LogP contribution in [0.15, 0.2) is 53.2 Å². The van der Waals surface area contributed by atoms with Crippen molar-refractivity contribution in [1.29, 1.82) is 0 Å². The van der Waals surface area contributed by atoms with E-state index in [0.29, 0.717) is 42.0 Å². The van der Waals surface area contributed by atoms with E-state index in [2.05, 4.69) is 5.32 Å². The Kier molecular flexibility index (Phi) is 10.5. The van der Waals surface area contributed by atoms with E-state index in [1.54, 1.807) is 18.1 Å². The number of hydrogen-bond acceptors (Lipinski definition) is 7. The van der Waals surface area contributed by atoms with Crippen LogP contribution in [0.5, 0.6) is 17.2 Å². The average molecular weight is 566 g/mol. The van der Waals surface area contributed by atoms with Crippen LogP contribution in [0.2, 0.25) is 0 Å². The largest absolute Gasteiger partial charge is 0.494 e. The molecule has 2 aliphatic rings. The molecule has 2 amide bonds. The molecule has 0 radical (unpaired) electrons. The van der Waals surface area contributed by atoms with E-state index in [9.17, 15) is 9.59 Å². The lowest BCUT2D eigenvalue weighted by atomic mass is 9.95. The second-order valence-corrected chi connectivity index (χ2v) is 10.9. The summed E-state index contributed by atoms with van der Waals surface area (Å²) in [5, 5.41) is 3.34. The summed E-state index contributed by atoms with van der Waals surface area (Å²) in [5.74, 6) is 1.67. The normalized spacial score (nSPS) is 17.5. The van der Waals surface area contributed by atoms with Gasteiger partial charge in [0, 0.05) is 6.04 Å². The van der Waals surface area contributed by atoms with E-state index in [-0.39, 0.29) is 28.8 Å². The van der Waals surface area contributed by atoms with Gasteiger partial charge in [-0.3, -0.25) is 14.5 Å². The van der Waals surface area contributed by atoms with Crippen LogP contribution in [0.4, 0.5) is 5.69 Å². The number of nitrogens with one attached hydrogen (secondary N) is 1. The Morgan fingerprint density at radius 2 is 1.77 bits per heavy atom. The molecule has 4 rings (SSSR count). The van der Waals surface area contributed by atoms with E-state index in [0.717, 1.165) is 37.0 Å². The second kappa shape index (κ2) is 14.3. The van der Waals surface area contributed by atoms with Crippen molar-refractivity contribution in [2.24, 2.45) is 4.99 Å². The molecule has 0 aromatic heterocycles. The monoisotopic (exact) mass is 565 g/mol. The Balaban J connectivity index is 1.64. The van der Waals surface area contributed by atoms with Crippen molar-refractivity contribution in [3.63, 3.8) is 0 Å². The number of ether oxygens (including phenoxy) is 3. The van der Waals surface area contributed by atoms with Crippen molar-refractivity contribution in [3.05, 3.63) is 53.7 Å². The molecule has 1 heterocycles. The van der Waals surface area contributed by atoms with Crippen molar-refractivity contribution in [3.8, 4) is 17.2 Å². The summed E-state index contributed by atoms with van der Waals surface area (Å²) in [6.45, 7) is 6.89. The first-order chi connectivity index (χ1) is 19.5. The summed E-state index contributed by atoms with van der Waals surface area (Å²) in [5.41, 5.74) is 1.70. The highest BCUT2D eigenvalue weighted by atomic mass is 32.2. The molecule has 8 nitrogen and oxygen atoms in total. The van der Waals surface area contributed by atoms with Crippen LogP contribution >= 0.6 is 11.8 Å². The van der Waals surface area contributed by atoms with Gasteiger partial charge in [0.25, 0.3) is 5.91 Å². The summed E-state index contributed by atoms with van der Waals surface area (Å²) in [6.07, 6.45) is 7.90. The van der Waals surface area contributed by atoms with Gasteiger partial charge >= 0.3 is 0 Å². The molecule has 214 valence electrons. The highest BCUT2D eigenvalue weighted by molar-refractivity contribution is 8.15. The Labute approximate surface area is 241 Å². The average Bonchev–Trinajstić information content (AvgIpc) is 3.27. The van der Waals surface area contributed by atoms with E-state index in [1.807, 2.05) is 63.2 Å². The van der Waals surface area contributed by atoms with Gasteiger partial charge in [-0.1, -0.05) is 44.0 Å². The lowest BCUT2D eigenvalue weighted by molar-refractivity contribution is -0.121. The molecule has 9 heteroatoms. The molecule has 1 aliphatic carbocycles. The van der Waals surface area contributed by atoms with E-state index >= 15 is 0 Å². The summed E-state index contributed by atoms with van der Waals surface area (Å²) in [7, 11) is 1.58. The maximum absolute atomic E-state index is 13.8. The fourth-order valence-electron chi connectivity index (χ4n) is 4.86. The zero-order chi connectivity index (χ0) is 28.5. The summed E-state index contributed by atoms with van der Waals surface area (Å²) >= 11 is 1.33. The van der Waals surface area contributed by atoms with Crippen molar-refractivity contribution >= 4 is 40.5 Å². The number of carbonyl (C=O) groups excluding carboxylic acids is 2. The standard InChI is InChI=1S/C31H39N3O5S/c1-5-28(29(35)32-22-11-9-8-10-12-22)40-31-33-25(19-21-13-18-26(39-7-3)27(20-21)37-4)30(36)34(31)23-14-16-24(17-15-23)38-6-2/h13-20,22,28H,5-12H2,1-4H3,(H,32,35)/b25-19-/t28-/m0/s1. The van der Waals surface area contributed by atoms with Gasteiger partial charge in [0.05, 0.1) is 31.3 Å². The van der Waals surface area contributed by atoms with E-state index in [1.165, 1.54) is 18.2 Å². The fraction of sp³-hybridized carbons (Fsp3) is 0.452. The van der Waals surface area contributed by atoms with E-state index in [4.69, 9.17) is 19.2 Å². The minimum atomic E-state index is -0.372. The van der Waals surface area contributed by atoms with Crippen LogP contribution < -0.4 is 24.4 Å². The number of carbonyl (C=O) groups is 2. The van der Waals surface area contributed by atoms with Gasteiger partial charge in [0.2, 0.25) is 5.91 Å². The van der Waals surface area contributed by atoms with Crippen LogP contribution in [-0.4, -0.2) is 48.6 Å². The maximum atomic E-state index is 13.8. The summed E-state index contributed by atoms with van der Waals surface area (Å²) in [6, 6.07) is 13.1. The molecule has 0 spiro atoms. The van der Waals surface area contributed by atoms with Crippen LogP contribution in [0.1, 0.15) is 64.9 Å². The SMILES string of the molecule is CCOc1ccc(N2C(=O)/C(=C/c3ccc(OCC)c(OC)c3)N=C2S[C@@H](CC)C(=O)NC2CCCCC2)cc1. The first-order valence-corrected chi connectivity index (χ1v) is 15.0. The Morgan fingerprint density at radius 3 is 2.42 bits per heavy atom. The second-order valence-electron chi connectivity index (χ2n) is 9.69. The van der Waals surface area contributed by atoms with Gasteiger partial charge in [-0.25, -0.2) is 4.99 Å². The quantitative estimate of drug-likeness (QED) is 0.327. The smallest absolute Gasteiger partial charge is 0.283 e. The Morgan fingerprint density at radius 1 is 1.05 bits per heavy atom. The molecule has 0 bridgehead atoms. The third kappa shape index (κ3) is 7.18. The lowest BCUT2D eigenvalue weighted by Crippen LogP contribution is -2.42. The van der Waals surface area contributed by atoms with Gasteiger partial charge in [-0.2, -0.15) is 0 Å². The first-order valence-electron chi connectivity index (χ1n) is 14.1. The molecule has 1 aliphatic heterocycles. The third-order valence-electron chi connectivity index (χ3n) is 6.89. The number of thioether (sulfide) groups is 1. The van der Waals surface area contributed by atoms with Crippen molar-refractivity contribution in [2.45, 2.75) is 70.6 Å².